The number of hydrogen-bond acceptors (Lipinski definition) is 4. The molecule has 1 aliphatic heterocycles. The minimum atomic E-state index is -0.363. The summed E-state index contributed by atoms with van der Waals surface area (Å²) in [6.07, 6.45) is 1.57. The molecule has 1 fully saturated rings. The zero-order chi connectivity index (χ0) is 15.5. The normalized spacial score (nSPS) is 21.9. The van der Waals surface area contributed by atoms with Crippen molar-refractivity contribution in [1.29, 1.82) is 0 Å². The van der Waals surface area contributed by atoms with E-state index in [1.807, 2.05) is 6.07 Å². The lowest BCUT2D eigenvalue weighted by molar-refractivity contribution is 0.319. The van der Waals surface area contributed by atoms with Gasteiger partial charge < -0.3 is 5.32 Å². The van der Waals surface area contributed by atoms with E-state index in [4.69, 9.17) is 11.6 Å². The van der Waals surface area contributed by atoms with Crippen molar-refractivity contribution in [2.45, 2.75) is 19.5 Å². The number of likely N-dealkylation sites (tertiary alicyclic amines) is 1. The lowest BCUT2D eigenvalue weighted by atomic mass is 10.1. The topological polar surface area (TPSA) is 61.0 Å². The van der Waals surface area contributed by atoms with Crippen LogP contribution in [0.1, 0.15) is 12.5 Å². The highest BCUT2D eigenvalue weighted by Crippen LogP contribution is 2.24. The fourth-order valence-corrected chi connectivity index (χ4v) is 3.06. The van der Waals surface area contributed by atoms with Gasteiger partial charge in [-0.25, -0.2) is 5.10 Å². The molecule has 1 aromatic carbocycles. The Bertz CT molecular complexity index is 688. The van der Waals surface area contributed by atoms with E-state index in [0.717, 1.165) is 19.6 Å². The van der Waals surface area contributed by atoms with Gasteiger partial charge in [-0.2, -0.15) is 5.10 Å². The van der Waals surface area contributed by atoms with Crippen LogP contribution in [-0.2, 0) is 6.54 Å². The smallest absolute Gasteiger partial charge is 0.285 e. The van der Waals surface area contributed by atoms with Crippen LogP contribution in [0.25, 0.3) is 0 Å². The second kappa shape index (κ2) is 6.50. The average Bonchev–Trinajstić information content (AvgIpc) is 2.85. The van der Waals surface area contributed by atoms with Gasteiger partial charge in [0, 0.05) is 25.7 Å². The van der Waals surface area contributed by atoms with Crippen LogP contribution in [0, 0.1) is 5.92 Å². The summed E-state index contributed by atoms with van der Waals surface area (Å²) in [5, 5.41) is 9.66. The van der Waals surface area contributed by atoms with Crippen LogP contribution in [0.5, 0.6) is 0 Å². The minimum absolute atomic E-state index is 0.170. The summed E-state index contributed by atoms with van der Waals surface area (Å²) in [6, 6.07) is 10.7. The van der Waals surface area contributed by atoms with Crippen molar-refractivity contribution in [2.75, 3.05) is 18.4 Å². The van der Waals surface area contributed by atoms with Gasteiger partial charge in [-0.15, -0.1) is 0 Å². The van der Waals surface area contributed by atoms with E-state index in [1.54, 1.807) is 6.20 Å². The van der Waals surface area contributed by atoms with Gasteiger partial charge in [-0.3, -0.25) is 9.69 Å². The number of aromatic amines is 1. The maximum Gasteiger partial charge on any atom is 0.285 e. The monoisotopic (exact) mass is 318 g/mol. The Morgan fingerprint density at radius 1 is 1.36 bits per heavy atom. The van der Waals surface area contributed by atoms with Crippen LogP contribution in [0.2, 0.25) is 5.02 Å². The third-order valence-electron chi connectivity index (χ3n) is 4.07. The third-order valence-corrected chi connectivity index (χ3v) is 4.45. The molecule has 1 saturated heterocycles. The summed E-state index contributed by atoms with van der Waals surface area (Å²) in [5.74, 6) is 0.471. The zero-order valence-corrected chi connectivity index (χ0v) is 13.2. The summed E-state index contributed by atoms with van der Waals surface area (Å²) < 4.78 is 0. The first-order valence-corrected chi connectivity index (χ1v) is 7.77. The van der Waals surface area contributed by atoms with E-state index in [-0.39, 0.29) is 16.6 Å². The molecule has 2 N–H and O–H groups in total. The van der Waals surface area contributed by atoms with Gasteiger partial charge in [0.15, 0.2) is 0 Å². The van der Waals surface area contributed by atoms with E-state index in [2.05, 4.69) is 51.6 Å². The molecule has 0 amide bonds. The Morgan fingerprint density at radius 3 is 2.91 bits per heavy atom. The predicted molar refractivity (Wildman–Crippen MR) is 88.2 cm³/mol. The number of rotatable bonds is 4. The van der Waals surface area contributed by atoms with E-state index >= 15 is 0 Å². The summed E-state index contributed by atoms with van der Waals surface area (Å²) in [5.41, 5.74) is 1.55. The second-order valence-electron chi connectivity index (χ2n) is 5.83. The molecule has 2 heterocycles. The van der Waals surface area contributed by atoms with Gasteiger partial charge in [-0.1, -0.05) is 48.9 Å². The quantitative estimate of drug-likeness (QED) is 0.908. The van der Waals surface area contributed by atoms with E-state index in [0.29, 0.717) is 11.6 Å². The summed E-state index contributed by atoms with van der Waals surface area (Å²) in [7, 11) is 0. The molecule has 3 rings (SSSR count). The van der Waals surface area contributed by atoms with Crippen LogP contribution in [0.3, 0.4) is 0 Å². The van der Waals surface area contributed by atoms with Crippen LogP contribution >= 0.6 is 11.6 Å². The predicted octanol–water partition coefficient (Wildman–Crippen LogP) is 2.36. The van der Waals surface area contributed by atoms with Gasteiger partial charge in [0.25, 0.3) is 5.56 Å². The van der Waals surface area contributed by atoms with Crippen molar-refractivity contribution < 1.29 is 0 Å². The second-order valence-corrected chi connectivity index (χ2v) is 6.21. The van der Waals surface area contributed by atoms with Crippen molar-refractivity contribution >= 4 is 17.3 Å². The Kier molecular flexibility index (Phi) is 4.45. The van der Waals surface area contributed by atoms with Crippen molar-refractivity contribution in [3.05, 3.63) is 57.5 Å². The van der Waals surface area contributed by atoms with Crippen LogP contribution < -0.4 is 10.9 Å². The van der Waals surface area contributed by atoms with Crippen molar-refractivity contribution in [3.8, 4) is 0 Å². The molecule has 0 spiro atoms. The number of benzene rings is 1. The molecule has 1 aliphatic rings. The highest BCUT2D eigenvalue weighted by molar-refractivity contribution is 6.32. The summed E-state index contributed by atoms with van der Waals surface area (Å²) in [4.78, 5) is 13.9. The van der Waals surface area contributed by atoms with E-state index in [1.165, 1.54) is 5.56 Å². The first kappa shape index (κ1) is 15.1. The average molecular weight is 319 g/mol. The van der Waals surface area contributed by atoms with Crippen LogP contribution in [0.15, 0.2) is 41.3 Å². The largest absolute Gasteiger partial charge is 0.378 e. The fraction of sp³-hybridized carbons (Fsp3) is 0.375. The van der Waals surface area contributed by atoms with Crippen molar-refractivity contribution in [1.82, 2.24) is 15.1 Å². The molecule has 2 unspecified atom stereocenters. The number of nitrogens with one attached hydrogen (secondary N) is 2. The van der Waals surface area contributed by atoms with Crippen molar-refractivity contribution in [2.24, 2.45) is 5.92 Å². The number of hydrogen-bond donors (Lipinski definition) is 2. The SMILES string of the molecule is CC1CN(Cc2ccccc2)CC1Nc1cn[nH]c(=O)c1Cl. The lowest BCUT2D eigenvalue weighted by Gasteiger charge is -2.18. The zero-order valence-electron chi connectivity index (χ0n) is 12.4. The standard InChI is InChI=1S/C16H19ClN4O/c1-11-8-21(9-12-5-3-2-4-6-12)10-14(11)19-13-7-18-20-16(22)15(13)17/h2-7,11,14H,8-10H2,1H3,(H2,19,20,22). The molecule has 6 heteroatoms. The maximum atomic E-state index is 11.5. The van der Waals surface area contributed by atoms with Gasteiger partial charge in [-0.05, 0) is 11.5 Å². The Hall–Kier alpha value is -1.85. The van der Waals surface area contributed by atoms with Crippen LogP contribution in [-0.4, -0.2) is 34.2 Å². The number of aromatic nitrogens is 2. The number of nitrogens with zero attached hydrogens (tertiary/aromatic N) is 2. The van der Waals surface area contributed by atoms with Crippen LogP contribution in [0.4, 0.5) is 5.69 Å². The Balaban J connectivity index is 1.66. The van der Waals surface area contributed by atoms with Gasteiger partial charge in [0.05, 0.1) is 11.9 Å². The molecule has 0 aliphatic carbocycles. The molecule has 5 nitrogen and oxygen atoms in total. The van der Waals surface area contributed by atoms with E-state index < -0.39 is 0 Å². The minimum Gasteiger partial charge on any atom is -0.378 e. The van der Waals surface area contributed by atoms with Gasteiger partial charge in [0.2, 0.25) is 0 Å². The number of H-pyrrole nitrogens is 1. The molecule has 22 heavy (non-hydrogen) atoms. The first-order chi connectivity index (χ1) is 10.6. The molecule has 2 aromatic rings. The summed E-state index contributed by atoms with van der Waals surface area (Å²) >= 11 is 6.03. The molecule has 0 bridgehead atoms. The highest BCUT2D eigenvalue weighted by Gasteiger charge is 2.30. The molecule has 116 valence electrons. The summed E-state index contributed by atoms with van der Waals surface area (Å²) in [6.45, 7) is 5.07. The first-order valence-electron chi connectivity index (χ1n) is 7.39. The maximum absolute atomic E-state index is 11.5. The number of halogens is 1. The fourth-order valence-electron chi connectivity index (χ4n) is 2.91. The lowest BCUT2D eigenvalue weighted by Crippen LogP contribution is -2.29. The molecule has 0 radical (unpaired) electrons. The van der Waals surface area contributed by atoms with Gasteiger partial charge in [0.1, 0.15) is 5.02 Å². The highest BCUT2D eigenvalue weighted by atomic mass is 35.5. The Labute approximate surface area is 134 Å². The Morgan fingerprint density at radius 2 is 2.14 bits per heavy atom. The molecule has 2 atom stereocenters. The number of anilines is 1. The van der Waals surface area contributed by atoms with Crippen molar-refractivity contribution in [3.63, 3.8) is 0 Å². The van der Waals surface area contributed by atoms with Gasteiger partial charge >= 0.3 is 0 Å². The molecular formula is C16H19ClN4O. The molecule has 0 saturated carbocycles. The molecular weight excluding hydrogens is 300 g/mol. The molecule has 1 aromatic heterocycles. The third kappa shape index (κ3) is 3.31. The van der Waals surface area contributed by atoms with E-state index in [9.17, 15) is 4.79 Å².